The molecule has 2 aromatic rings. The van der Waals surface area contributed by atoms with Crippen molar-refractivity contribution in [1.82, 2.24) is 5.32 Å². The number of carboxylic acid groups (broad SMARTS) is 2. The van der Waals surface area contributed by atoms with Crippen molar-refractivity contribution in [3.63, 3.8) is 0 Å². The van der Waals surface area contributed by atoms with E-state index in [-0.39, 0.29) is 6.10 Å². The minimum absolute atomic E-state index is 0.0106. The molecule has 0 saturated carbocycles. The molecule has 1 aliphatic heterocycles. The lowest BCUT2D eigenvalue weighted by atomic mass is 10.0. The lowest BCUT2D eigenvalue weighted by Gasteiger charge is -2.19. The zero-order valence-corrected chi connectivity index (χ0v) is 17.1. The molecule has 0 fully saturated rings. The van der Waals surface area contributed by atoms with Crippen molar-refractivity contribution >= 4 is 11.9 Å². The van der Waals surface area contributed by atoms with Gasteiger partial charge in [0.25, 0.3) is 0 Å². The number of fused-ring (bicyclic) bond motifs is 2. The molecule has 0 aromatic heterocycles. The predicted octanol–water partition coefficient (Wildman–Crippen LogP) is 4.40. The summed E-state index contributed by atoms with van der Waals surface area (Å²) in [7, 11) is 0. The third kappa shape index (κ3) is 7.25. The molecule has 0 spiro atoms. The molecule has 2 aromatic carbocycles. The van der Waals surface area contributed by atoms with Crippen LogP contribution in [0.15, 0.2) is 60.7 Å². The van der Waals surface area contributed by atoms with Gasteiger partial charge in [-0.05, 0) is 38.1 Å². The first-order valence-corrected chi connectivity index (χ1v) is 9.80. The van der Waals surface area contributed by atoms with E-state index in [1.807, 2.05) is 42.5 Å². The van der Waals surface area contributed by atoms with E-state index in [1.165, 1.54) is 0 Å². The van der Waals surface area contributed by atoms with E-state index in [1.54, 1.807) is 0 Å². The van der Waals surface area contributed by atoms with Crippen LogP contribution in [0, 0.1) is 0 Å². The number of rotatable bonds is 7. The predicted molar refractivity (Wildman–Crippen MR) is 113 cm³/mol. The Morgan fingerprint density at radius 2 is 1.57 bits per heavy atom. The van der Waals surface area contributed by atoms with Crippen LogP contribution in [0.25, 0.3) is 0 Å². The monoisotopic (exact) mass is 413 g/mol. The summed E-state index contributed by atoms with van der Waals surface area (Å²) < 4.78 is 12.3. The normalized spacial score (nSPS) is 15.3. The molecular formula is C23H27NO6. The number of ether oxygens (including phenoxy) is 2. The molecule has 30 heavy (non-hydrogen) atoms. The van der Waals surface area contributed by atoms with Crippen molar-refractivity contribution in [1.29, 1.82) is 0 Å². The van der Waals surface area contributed by atoms with Crippen LogP contribution in [-0.2, 0) is 9.59 Å². The molecule has 0 aliphatic carbocycles. The lowest BCUT2D eigenvalue weighted by molar-refractivity contribution is -0.134. The quantitative estimate of drug-likeness (QED) is 0.578. The number of carboxylic acids is 2. The van der Waals surface area contributed by atoms with Gasteiger partial charge in [-0.2, -0.15) is 0 Å². The zero-order valence-electron chi connectivity index (χ0n) is 17.1. The van der Waals surface area contributed by atoms with Gasteiger partial charge in [0.05, 0.1) is 0 Å². The Kier molecular flexibility index (Phi) is 8.90. The average molecular weight is 413 g/mol. The van der Waals surface area contributed by atoms with Gasteiger partial charge in [-0.25, -0.2) is 9.59 Å². The van der Waals surface area contributed by atoms with E-state index >= 15 is 0 Å². The molecule has 3 N–H and O–H groups in total. The van der Waals surface area contributed by atoms with Crippen LogP contribution in [0.1, 0.15) is 38.4 Å². The van der Waals surface area contributed by atoms with Gasteiger partial charge >= 0.3 is 11.9 Å². The third-order valence-electron chi connectivity index (χ3n) is 4.48. The first-order chi connectivity index (χ1) is 14.4. The molecule has 7 nitrogen and oxygen atoms in total. The van der Waals surface area contributed by atoms with E-state index in [9.17, 15) is 9.59 Å². The van der Waals surface area contributed by atoms with Crippen LogP contribution < -0.4 is 14.8 Å². The number of nitrogens with one attached hydrogen (secondary N) is 1. The van der Waals surface area contributed by atoms with Crippen LogP contribution in [0.3, 0.4) is 0 Å². The molecule has 2 atom stereocenters. The summed E-state index contributed by atoms with van der Waals surface area (Å²) in [4.78, 5) is 19.1. The maximum Gasteiger partial charge on any atom is 0.328 e. The second kappa shape index (κ2) is 11.6. The zero-order chi connectivity index (χ0) is 21.9. The number of hydrogen-bond donors (Lipinski definition) is 3. The van der Waals surface area contributed by atoms with Gasteiger partial charge in [-0.3, -0.25) is 0 Å². The molecule has 0 amide bonds. The Morgan fingerprint density at radius 1 is 1.00 bits per heavy atom. The summed E-state index contributed by atoms with van der Waals surface area (Å²) in [6, 6.07) is 16.5. The lowest BCUT2D eigenvalue weighted by Crippen LogP contribution is -2.27. The van der Waals surface area contributed by atoms with Crippen LogP contribution in [0.5, 0.6) is 17.2 Å². The highest BCUT2D eigenvalue weighted by molar-refractivity contribution is 5.89. The molecular weight excluding hydrogens is 386 g/mol. The molecule has 0 radical (unpaired) electrons. The van der Waals surface area contributed by atoms with Gasteiger partial charge in [0.15, 0.2) is 11.5 Å². The van der Waals surface area contributed by atoms with E-state index < -0.39 is 11.9 Å². The smallest absolute Gasteiger partial charge is 0.328 e. The molecule has 0 saturated heterocycles. The van der Waals surface area contributed by atoms with Gasteiger partial charge in [-0.15, -0.1) is 0 Å². The molecule has 7 heteroatoms. The fraction of sp³-hybridized carbons (Fsp3) is 0.304. The van der Waals surface area contributed by atoms with Gasteiger partial charge in [0, 0.05) is 30.2 Å². The second-order valence-corrected chi connectivity index (χ2v) is 6.76. The summed E-state index contributed by atoms with van der Waals surface area (Å²) in [5.41, 5.74) is 1.12. The highest BCUT2D eigenvalue weighted by Crippen LogP contribution is 2.42. The third-order valence-corrected chi connectivity index (χ3v) is 4.48. The largest absolute Gasteiger partial charge is 0.482 e. The Balaban J connectivity index is 0.000000343. The standard InChI is InChI=1S/C19H23NO2.C4H4O4/c1-3-14(2)20-13-12-17-15-8-4-5-9-16(15)21-18-10-6-7-11-19(18)22-17;5-3(6)1-2-4(7)8/h4-11,14,17,20H,3,12-13H2,1-2H3;1-2H,(H,5,6)(H,7,8)/b;2-1+. The van der Waals surface area contributed by atoms with Gasteiger partial charge < -0.3 is 25.0 Å². The van der Waals surface area contributed by atoms with Crippen molar-refractivity contribution in [2.45, 2.75) is 38.8 Å². The minimum atomic E-state index is -1.26. The molecule has 2 unspecified atom stereocenters. The van der Waals surface area contributed by atoms with Crippen molar-refractivity contribution < 1.29 is 29.3 Å². The first kappa shape index (κ1) is 23.0. The van der Waals surface area contributed by atoms with E-state index in [2.05, 4.69) is 25.2 Å². The highest BCUT2D eigenvalue weighted by atomic mass is 16.5. The van der Waals surface area contributed by atoms with Gasteiger partial charge in [0.2, 0.25) is 0 Å². The second-order valence-electron chi connectivity index (χ2n) is 6.76. The van der Waals surface area contributed by atoms with Gasteiger partial charge in [-0.1, -0.05) is 37.3 Å². The minimum Gasteiger partial charge on any atom is -0.482 e. The van der Waals surface area contributed by atoms with Gasteiger partial charge in [0.1, 0.15) is 11.9 Å². The maximum absolute atomic E-state index is 9.55. The highest BCUT2D eigenvalue weighted by Gasteiger charge is 2.23. The van der Waals surface area contributed by atoms with Crippen LogP contribution in [-0.4, -0.2) is 34.7 Å². The molecule has 0 bridgehead atoms. The molecule has 160 valence electrons. The van der Waals surface area contributed by atoms with Crippen molar-refractivity contribution in [2.75, 3.05) is 6.54 Å². The molecule has 3 rings (SSSR count). The van der Waals surface area contributed by atoms with Crippen LogP contribution in [0.4, 0.5) is 0 Å². The van der Waals surface area contributed by atoms with Crippen LogP contribution >= 0.6 is 0 Å². The number of para-hydroxylation sites is 3. The summed E-state index contributed by atoms with van der Waals surface area (Å²) in [5, 5.41) is 19.2. The van der Waals surface area contributed by atoms with E-state index in [4.69, 9.17) is 19.7 Å². The van der Waals surface area contributed by atoms with Crippen molar-refractivity contribution in [3.05, 3.63) is 66.2 Å². The number of hydrogen-bond acceptors (Lipinski definition) is 5. The Morgan fingerprint density at radius 3 is 2.17 bits per heavy atom. The Hall–Kier alpha value is -3.32. The first-order valence-electron chi connectivity index (χ1n) is 9.80. The summed E-state index contributed by atoms with van der Waals surface area (Å²) in [6.45, 7) is 5.33. The van der Waals surface area contributed by atoms with Crippen molar-refractivity contribution in [2.24, 2.45) is 0 Å². The number of benzene rings is 2. The van der Waals surface area contributed by atoms with Crippen molar-refractivity contribution in [3.8, 4) is 17.2 Å². The van der Waals surface area contributed by atoms with E-state index in [0.717, 1.165) is 42.2 Å². The van der Waals surface area contributed by atoms with Crippen LogP contribution in [0.2, 0.25) is 0 Å². The maximum atomic E-state index is 9.55. The molecule has 1 heterocycles. The summed E-state index contributed by atoms with van der Waals surface area (Å²) in [5.74, 6) is -0.0274. The molecule has 1 aliphatic rings. The topological polar surface area (TPSA) is 105 Å². The fourth-order valence-electron chi connectivity index (χ4n) is 2.77. The average Bonchev–Trinajstić information content (AvgIpc) is 2.89. The summed E-state index contributed by atoms with van der Waals surface area (Å²) in [6.07, 6.45) is 3.18. The SMILES string of the molecule is CCC(C)NCCC1Oc2ccccc2Oc2ccccc21.O=C(O)/C=C/C(=O)O. The fourth-order valence-corrected chi connectivity index (χ4v) is 2.77. The number of aliphatic carboxylic acids is 2. The number of carbonyl (C=O) groups is 2. The summed E-state index contributed by atoms with van der Waals surface area (Å²) >= 11 is 0. The Bertz CT molecular complexity index is 864. The van der Waals surface area contributed by atoms with E-state index in [0.29, 0.717) is 18.2 Å². The Labute approximate surface area is 176 Å².